The number of carbonyl (C=O) groups is 1. The van der Waals surface area contributed by atoms with E-state index >= 15 is 0 Å². The number of hydrogen-bond donors (Lipinski definition) is 1. The second-order valence-electron chi connectivity index (χ2n) is 12.0. The number of carbonyl (C=O) groups excluding carboxylic acids is 1. The van der Waals surface area contributed by atoms with Crippen molar-refractivity contribution in [3.8, 4) is 5.75 Å². The van der Waals surface area contributed by atoms with E-state index in [-0.39, 0.29) is 36.0 Å². The molecule has 1 N–H and O–H groups in total. The molecule has 0 spiro atoms. The van der Waals surface area contributed by atoms with E-state index in [2.05, 4.69) is 16.5 Å². The summed E-state index contributed by atoms with van der Waals surface area (Å²) in [5, 5.41) is 0.721. The minimum atomic E-state index is -3.87. The molecule has 8 nitrogen and oxygen atoms in total. The minimum Gasteiger partial charge on any atom is -0.487 e. The maximum Gasteiger partial charge on any atom is 0.264 e. The summed E-state index contributed by atoms with van der Waals surface area (Å²) in [4.78, 5) is 15.5. The number of sulfonamides is 1. The third-order valence-electron chi connectivity index (χ3n) is 9.25. The first-order valence-electron chi connectivity index (χ1n) is 14.8. The number of nitrogens with one attached hydrogen (secondary N) is 1. The van der Waals surface area contributed by atoms with Crippen LogP contribution in [0.15, 0.2) is 36.4 Å². The standard InChI is InChI=1S/C31H39ClN2O6S/c1-20-18-39-30-16-29(20)38-12-13-41(36,37)33-31(35)22-7-10-28-27(15-22)34(17-23-6-9-26(23)30)11-3-2-4-21-14-25(32)8-5-24(21)19-40-28/h5,7-8,10,14-15,20,23,26,29-30H,2-4,6,9,11-13,16-19H2,1H3,(H,33,35)/t20-,23-,26+,29-,30+/m0/s1. The quantitative estimate of drug-likeness (QED) is 0.455. The smallest absolute Gasteiger partial charge is 0.264 e. The molecule has 2 aromatic rings. The maximum atomic E-state index is 13.2. The van der Waals surface area contributed by atoms with Crippen LogP contribution in [0.2, 0.25) is 5.02 Å². The van der Waals surface area contributed by atoms with E-state index in [4.69, 9.17) is 25.8 Å². The van der Waals surface area contributed by atoms with Crippen molar-refractivity contribution in [2.75, 3.05) is 37.0 Å². The van der Waals surface area contributed by atoms with Crippen LogP contribution in [-0.2, 0) is 32.5 Å². The summed E-state index contributed by atoms with van der Waals surface area (Å²) in [6, 6.07) is 11.1. The van der Waals surface area contributed by atoms with Crippen molar-refractivity contribution >= 4 is 33.2 Å². The van der Waals surface area contributed by atoms with Crippen LogP contribution in [-0.4, -0.2) is 58.6 Å². The molecular weight excluding hydrogens is 564 g/mol. The molecular formula is C31H39ClN2O6S. The van der Waals surface area contributed by atoms with E-state index in [0.29, 0.717) is 30.8 Å². The van der Waals surface area contributed by atoms with Gasteiger partial charge >= 0.3 is 0 Å². The molecule has 10 heteroatoms. The molecule has 5 atom stereocenters. The molecule has 0 aromatic heterocycles. The monoisotopic (exact) mass is 602 g/mol. The van der Waals surface area contributed by atoms with Gasteiger partial charge < -0.3 is 19.1 Å². The van der Waals surface area contributed by atoms with Crippen molar-refractivity contribution in [1.82, 2.24) is 4.72 Å². The van der Waals surface area contributed by atoms with Crippen LogP contribution in [0.1, 0.15) is 60.5 Å². The van der Waals surface area contributed by atoms with Crippen LogP contribution in [0.4, 0.5) is 5.69 Å². The van der Waals surface area contributed by atoms with E-state index < -0.39 is 15.9 Å². The van der Waals surface area contributed by atoms with E-state index in [9.17, 15) is 13.2 Å². The number of halogens is 1. The number of benzene rings is 2. The van der Waals surface area contributed by atoms with Gasteiger partial charge in [-0.25, -0.2) is 13.1 Å². The zero-order valence-corrected chi connectivity index (χ0v) is 25.1. The summed E-state index contributed by atoms with van der Waals surface area (Å²) in [5.74, 6) is 0.823. The lowest BCUT2D eigenvalue weighted by Gasteiger charge is -2.47. The number of aryl methyl sites for hydroxylation is 1. The third-order valence-corrected chi connectivity index (χ3v) is 10.7. The fourth-order valence-corrected chi connectivity index (χ4v) is 7.69. The van der Waals surface area contributed by atoms with Crippen LogP contribution in [0.5, 0.6) is 5.75 Å². The molecule has 4 aliphatic rings. The van der Waals surface area contributed by atoms with Crippen molar-refractivity contribution in [1.29, 1.82) is 0 Å². The molecule has 3 aliphatic heterocycles. The Hall–Kier alpha value is -2.33. The molecule has 0 radical (unpaired) electrons. The summed E-state index contributed by atoms with van der Waals surface area (Å²) >= 11 is 6.31. The van der Waals surface area contributed by atoms with E-state index in [0.717, 1.165) is 67.9 Å². The van der Waals surface area contributed by atoms with Gasteiger partial charge in [-0.3, -0.25) is 4.79 Å². The van der Waals surface area contributed by atoms with E-state index in [1.54, 1.807) is 18.2 Å². The molecule has 222 valence electrons. The Balaban J connectivity index is 1.35. The van der Waals surface area contributed by atoms with Crippen LogP contribution >= 0.6 is 11.6 Å². The van der Waals surface area contributed by atoms with Gasteiger partial charge in [0.1, 0.15) is 12.4 Å². The first-order chi connectivity index (χ1) is 19.8. The predicted molar refractivity (Wildman–Crippen MR) is 158 cm³/mol. The first-order valence-corrected chi connectivity index (χ1v) is 16.9. The van der Waals surface area contributed by atoms with Crippen molar-refractivity contribution < 1.29 is 27.4 Å². The average molecular weight is 603 g/mol. The third kappa shape index (κ3) is 6.53. The van der Waals surface area contributed by atoms with E-state index in [1.165, 1.54) is 5.56 Å². The Bertz CT molecular complexity index is 1380. The van der Waals surface area contributed by atoms with Gasteiger partial charge in [-0.1, -0.05) is 24.6 Å². The molecule has 1 aliphatic carbocycles. The molecule has 1 saturated heterocycles. The van der Waals surface area contributed by atoms with E-state index in [1.807, 2.05) is 18.2 Å². The Morgan fingerprint density at radius 3 is 2.73 bits per heavy atom. The Morgan fingerprint density at radius 1 is 1.02 bits per heavy atom. The normalized spacial score (nSPS) is 30.3. The van der Waals surface area contributed by atoms with Gasteiger partial charge in [0, 0.05) is 36.0 Å². The van der Waals surface area contributed by atoms with Crippen LogP contribution in [0, 0.1) is 17.8 Å². The lowest BCUT2D eigenvalue weighted by atomic mass is 9.68. The number of ether oxygens (including phenoxy) is 3. The van der Waals surface area contributed by atoms with Crippen molar-refractivity contribution in [3.05, 3.63) is 58.1 Å². The van der Waals surface area contributed by atoms with Crippen molar-refractivity contribution in [2.24, 2.45) is 17.8 Å². The number of hydrogen-bond acceptors (Lipinski definition) is 7. The molecule has 2 fully saturated rings. The van der Waals surface area contributed by atoms with Gasteiger partial charge in [0.25, 0.3) is 5.91 Å². The lowest BCUT2D eigenvalue weighted by molar-refractivity contribution is -0.139. The summed E-state index contributed by atoms with van der Waals surface area (Å²) in [6.45, 7) is 4.74. The topological polar surface area (TPSA) is 94.2 Å². The summed E-state index contributed by atoms with van der Waals surface area (Å²) in [7, 11) is -3.87. The molecule has 2 aromatic carbocycles. The number of nitrogens with zero attached hydrogens (tertiary/aromatic N) is 1. The molecule has 41 heavy (non-hydrogen) atoms. The fourth-order valence-electron chi connectivity index (χ4n) is 6.68. The average Bonchev–Trinajstić information content (AvgIpc) is 2.95. The highest BCUT2D eigenvalue weighted by molar-refractivity contribution is 7.90. The molecule has 4 bridgehead atoms. The zero-order valence-electron chi connectivity index (χ0n) is 23.5. The summed E-state index contributed by atoms with van der Waals surface area (Å²) in [5.41, 5.74) is 3.40. The largest absolute Gasteiger partial charge is 0.487 e. The van der Waals surface area contributed by atoms with Gasteiger partial charge in [-0.2, -0.15) is 0 Å². The summed E-state index contributed by atoms with van der Waals surface area (Å²) < 4.78 is 46.7. The molecule has 6 rings (SSSR count). The van der Waals surface area contributed by atoms with Gasteiger partial charge in [0.15, 0.2) is 0 Å². The Kier molecular flexibility index (Phi) is 8.50. The number of fused-ring (bicyclic) bond motifs is 6. The highest BCUT2D eigenvalue weighted by Crippen LogP contribution is 2.44. The van der Waals surface area contributed by atoms with Crippen LogP contribution < -0.4 is 14.4 Å². The lowest BCUT2D eigenvalue weighted by Crippen LogP contribution is -2.49. The van der Waals surface area contributed by atoms with Crippen molar-refractivity contribution in [2.45, 2.75) is 64.3 Å². The summed E-state index contributed by atoms with van der Waals surface area (Å²) in [6.07, 6.45) is 5.91. The molecule has 1 amide bonds. The van der Waals surface area contributed by atoms with Crippen molar-refractivity contribution in [3.63, 3.8) is 0 Å². The van der Waals surface area contributed by atoms with Gasteiger partial charge in [0.05, 0.1) is 36.9 Å². The Morgan fingerprint density at radius 2 is 1.90 bits per heavy atom. The molecule has 3 heterocycles. The van der Waals surface area contributed by atoms with Crippen LogP contribution in [0.3, 0.4) is 0 Å². The molecule has 1 saturated carbocycles. The predicted octanol–water partition coefficient (Wildman–Crippen LogP) is 4.97. The number of rotatable bonds is 0. The van der Waals surface area contributed by atoms with Gasteiger partial charge in [0.2, 0.25) is 10.0 Å². The number of anilines is 1. The maximum absolute atomic E-state index is 13.2. The fraction of sp³-hybridized carbons (Fsp3) is 0.581. The highest BCUT2D eigenvalue weighted by Gasteiger charge is 2.42. The molecule has 0 unspecified atom stereocenters. The minimum absolute atomic E-state index is 0.0386. The van der Waals surface area contributed by atoms with Gasteiger partial charge in [-0.15, -0.1) is 0 Å². The first kappa shape index (κ1) is 28.8. The SMILES string of the molecule is C[C@H]1CO[C@@H]2C[C@@H]1OCCS(=O)(=O)NC(=O)c1ccc3c(c1)N(CCCCc1cc(Cl)ccc1CO3)C[C@@H]1CC[C@H]12. The second kappa shape index (κ2) is 12.1. The van der Waals surface area contributed by atoms with Gasteiger partial charge in [-0.05, 0) is 85.4 Å². The highest BCUT2D eigenvalue weighted by atomic mass is 35.5. The zero-order chi connectivity index (χ0) is 28.6. The van der Waals surface area contributed by atoms with Crippen LogP contribution in [0.25, 0.3) is 0 Å². The second-order valence-corrected chi connectivity index (χ2v) is 14.3. The number of amides is 1. The Labute approximate surface area is 247 Å².